The zero-order chi connectivity index (χ0) is 14.0. The van der Waals surface area contributed by atoms with Gasteiger partial charge in [0, 0.05) is 18.6 Å². The van der Waals surface area contributed by atoms with E-state index in [2.05, 4.69) is 10.6 Å². The van der Waals surface area contributed by atoms with Crippen molar-refractivity contribution in [2.24, 2.45) is 0 Å². The van der Waals surface area contributed by atoms with E-state index >= 15 is 0 Å². The Kier molecular flexibility index (Phi) is 4.09. The molecule has 1 heterocycles. The quantitative estimate of drug-likeness (QED) is 0.808. The summed E-state index contributed by atoms with van der Waals surface area (Å²) >= 11 is 0. The lowest BCUT2D eigenvalue weighted by Gasteiger charge is -2.28. The van der Waals surface area contributed by atoms with Gasteiger partial charge in [0.1, 0.15) is 0 Å². The Balaban J connectivity index is 2.06. The molecule has 2 unspecified atom stereocenters. The lowest BCUT2D eigenvalue weighted by molar-refractivity contribution is 0.0922. The average Bonchev–Trinajstić information content (AvgIpc) is 2.39. The first-order valence-electron chi connectivity index (χ1n) is 6.16. The van der Waals surface area contributed by atoms with E-state index in [4.69, 9.17) is 0 Å². The number of carbonyl (C=O) groups excluding carboxylic acids is 1. The first-order valence-corrected chi connectivity index (χ1v) is 6.16. The predicted octanol–water partition coefficient (Wildman–Crippen LogP) is 1.97. The molecule has 1 aromatic rings. The molecular formula is C13H15F3N2O. The maximum atomic E-state index is 13.4. The smallest absolute Gasteiger partial charge is 0.254 e. The zero-order valence-electron chi connectivity index (χ0n) is 10.5. The van der Waals surface area contributed by atoms with Gasteiger partial charge in [0.25, 0.3) is 5.91 Å². The summed E-state index contributed by atoms with van der Waals surface area (Å²) in [4.78, 5) is 11.8. The predicted molar refractivity (Wildman–Crippen MR) is 64.3 cm³/mol. The molecule has 1 aliphatic rings. The Hall–Kier alpha value is -1.56. The number of amides is 1. The summed E-state index contributed by atoms with van der Waals surface area (Å²) in [5, 5.41) is 5.79. The number of rotatable bonds is 2. The topological polar surface area (TPSA) is 41.1 Å². The van der Waals surface area contributed by atoms with Crippen LogP contribution in [0.2, 0.25) is 0 Å². The van der Waals surface area contributed by atoms with Crippen LogP contribution in [0, 0.1) is 17.5 Å². The zero-order valence-corrected chi connectivity index (χ0v) is 10.5. The summed E-state index contributed by atoms with van der Waals surface area (Å²) in [5.74, 6) is -5.10. The molecule has 2 rings (SSSR count). The molecule has 1 aromatic carbocycles. The second-order valence-corrected chi connectivity index (χ2v) is 4.78. The van der Waals surface area contributed by atoms with E-state index in [1.807, 2.05) is 6.92 Å². The number of hydrogen-bond donors (Lipinski definition) is 2. The fourth-order valence-corrected chi connectivity index (χ4v) is 2.09. The molecule has 0 aliphatic carbocycles. The van der Waals surface area contributed by atoms with E-state index in [9.17, 15) is 18.0 Å². The van der Waals surface area contributed by atoms with Gasteiger partial charge in [-0.2, -0.15) is 0 Å². The van der Waals surface area contributed by atoms with Crippen molar-refractivity contribution in [3.05, 3.63) is 35.1 Å². The van der Waals surface area contributed by atoms with Crippen LogP contribution in [0.15, 0.2) is 12.1 Å². The summed E-state index contributed by atoms with van der Waals surface area (Å²) in [7, 11) is 0. The van der Waals surface area contributed by atoms with Crippen molar-refractivity contribution < 1.29 is 18.0 Å². The maximum Gasteiger partial charge on any atom is 0.254 e. The largest absolute Gasteiger partial charge is 0.348 e. The molecule has 2 atom stereocenters. The van der Waals surface area contributed by atoms with Gasteiger partial charge in [-0.3, -0.25) is 4.79 Å². The van der Waals surface area contributed by atoms with Gasteiger partial charge in [0.15, 0.2) is 17.5 Å². The van der Waals surface area contributed by atoms with Crippen LogP contribution in [-0.2, 0) is 0 Å². The van der Waals surface area contributed by atoms with Crippen LogP contribution in [0.3, 0.4) is 0 Å². The Bertz CT molecular complexity index is 485. The molecule has 1 fully saturated rings. The molecule has 0 saturated carbocycles. The minimum Gasteiger partial charge on any atom is -0.348 e. The van der Waals surface area contributed by atoms with Gasteiger partial charge in [0.05, 0.1) is 5.56 Å². The molecule has 19 heavy (non-hydrogen) atoms. The van der Waals surface area contributed by atoms with E-state index in [0.717, 1.165) is 25.0 Å². The molecular weight excluding hydrogens is 257 g/mol. The Labute approximate surface area is 109 Å². The van der Waals surface area contributed by atoms with Crippen molar-refractivity contribution in [3.8, 4) is 0 Å². The van der Waals surface area contributed by atoms with Crippen LogP contribution in [0.1, 0.15) is 30.1 Å². The summed E-state index contributed by atoms with van der Waals surface area (Å²) in [5.41, 5.74) is -0.475. The van der Waals surface area contributed by atoms with E-state index in [1.54, 1.807) is 0 Å². The molecule has 1 saturated heterocycles. The third-order valence-corrected chi connectivity index (χ3v) is 3.28. The van der Waals surface area contributed by atoms with Gasteiger partial charge in [-0.15, -0.1) is 0 Å². The fraction of sp³-hybridized carbons (Fsp3) is 0.462. The van der Waals surface area contributed by atoms with Gasteiger partial charge in [0.2, 0.25) is 0 Å². The maximum absolute atomic E-state index is 13.4. The minimum absolute atomic E-state index is 0.129. The van der Waals surface area contributed by atoms with Crippen molar-refractivity contribution in [1.29, 1.82) is 0 Å². The lowest BCUT2D eigenvalue weighted by atomic mass is 10.0. The summed E-state index contributed by atoms with van der Waals surface area (Å²) in [6.07, 6.45) is 1.66. The van der Waals surface area contributed by atoms with Crippen LogP contribution in [-0.4, -0.2) is 24.5 Å². The van der Waals surface area contributed by atoms with Crippen LogP contribution >= 0.6 is 0 Å². The van der Waals surface area contributed by atoms with E-state index in [0.29, 0.717) is 12.6 Å². The third kappa shape index (κ3) is 3.07. The Morgan fingerprint density at radius 1 is 1.26 bits per heavy atom. The van der Waals surface area contributed by atoms with Crippen LogP contribution < -0.4 is 10.6 Å². The van der Waals surface area contributed by atoms with Crippen LogP contribution in [0.4, 0.5) is 13.2 Å². The molecule has 1 amide bonds. The average molecular weight is 272 g/mol. The molecule has 1 aliphatic heterocycles. The number of hydrogen-bond acceptors (Lipinski definition) is 2. The molecule has 2 N–H and O–H groups in total. The Morgan fingerprint density at radius 3 is 2.63 bits per heavy atom. The van der Waals surface area contributed by atoms with Crippen molar-refractivity contribution in [3.63, 3.8) is 0 Å². The van der Waals surface area contributed by atoms with Crippen molar-refractivity contribution in [1.82, 2.24) is 10.6 Å². The van der Waals surface area contributed by atoms with Gasteiger partial charge in [-0.1, -0.05) is 0 Å². The number of nitrogens with one attached hydrogen (secondary N) is 2. The highest BCUT2D eigenvalue weighted by Crippen LogP contribution is 2.16. The highest BCUT2D eigenvalue weighted by atomic mass is 19.2. The highest BCUT2D eigenvalue weighted by Gasteiger charge is 2.23. The van der Waals surface area contributed by atoms with Gasteiger partial charge < -0.3 is 10.6 Å². The molecule has 0 aromatic heterocycles. The van der Waals surface area contributed by atoms with Crippen molar-refractivity contribution in [2.45, 2.75) is 31.8 Å². The third-order valence-electron chi connectivity index (χ3n) is 3.28. The molecule has 3 nitrogen and oxygen atoms in total. The monoisotopic (exact) mass is 272 g/mol. The molecule has 0 radical (unpaired) electrons. The lowest BCUT2D eigenvalue weighted by Crippen LogP contribution is -2.48. The van der Waals surface area contributed by atoms with Crippen LogP contribution in [0.5, 0.6) is 0 Å². The number of carbonyl (C=O) groups is 1. The molecule has 6 heteroatoms. The SMILES string of the molecule is CC1CCC(NC(=O)c2ccc(F)c(F)c2F)CN1. The molecule has 0 spiro atoms. The first-order chi connectivity index (χ1) is 8.99. The minimum atomic E-state index is -1.62. The van der Waals surface area contributed by atoms with Gasteiger partial charge in [-0.05, 0) is 31.9 Å². The standard InChI is InChI=1S/C13H15F3N2O/c1-7-2-3-8(6-17-7)18-13(19)9-4-5-10(14)12(16)11(9)15/h4-5,7-8,17H,2-3,6H2,1H3,(H,18,19). The van der Waals surface area contributed by atoms with Gasteiger partial charge >= 0.3 is 0 Å². The second kappa shape index (κ2) is 5.61. The van der Waals surface area contributed by atoms with E-state index in [1.165, 1.54) is 0 Å². The number of piperidine rings is 1. The number of halogens is 3. The number of benzene rings is 1. The Morgan fingerprint density at radius 2 is 2.00 bits per heavy atom. The summed E-state index contributed by atoms with van der Waals surface area (Å²) < 4.78 is 39.2. The normalized spacial score (nSPS) is 23.2. The second-order valence-electron chi connectivity index (χ2n) is 4.78. The van der Waals surface area contributed by atoms with Crippen molar-refractivity contribution in [2.75, 3.05) is 6.54 Å². The van der Waals surface area contributed by atoms with E-state index in [-0.39, 0.29) is 6.04 Å². The van der Waals surface area contributed by atoms with Gasteiger partial charge in [-0.25, -0.2) is 13.2 Å². The van der Waals surface area contributed by atoms with Crippen molar-refractivity contribution >= 4 is 5.91 Å². The van der Waals surface area contributed by atoms with Crippen LogP contribution in [0.25, 0.3) is 0 Å². The fourth-order valence-electron chi connectivity index (χ4n) is 2.09. The highest BCUT2D eigenvalue weighted by molar-refractivity contribution is 5.94. The summed E-state index contributed by atoms with van der Waals surface area (Å²) in [6, 6.07) is 1.94. The first kappa shape index (κ1) is 13.9. The molecule has 104 valence electrons. The van der Waals surface area contributed by atoms with E-state index < -0.39 is 28.9 Å². The molecule has 0 bridgehead atoms. The summed E-state index contributed by atoms with van der Waals surface area (Å²) in [6.45, 7) is 2.62.